The Morgan fingerprint density at radius 1 is 1.21 bits per heavy atom. The lowest BCUT2D eigenvalue weighted by atomic mass is 10.5. The maximum atomic E-state index is 9.54. The molecule has 5 nitrogen and oxygen atoms in total. The molecule has 0 saturated heterocycles. The standard InChI is InChI=1S/C6H14O2.C3H4O3/c1-4-7-6(3)8-5-2;1-2(4)3(5)6/h6H,4-5H2,1-3H3;1H3,(H,5,6). The number of carbonyl (C=O) groups excluding carboxylic acids is 1. The molecule has 0 aliphatic carbocycles. The zero-order valence-electron chi connectivity index (χ0n) is 9.07. The van der Waals surface area contributed by atoms with Crippen molar-refractivity contribution in [3.8, 4) is 0 Å². The summed E-state index contributed by atoms with van der Waals surface area (Å²) in [5, 5.41) is 7.64. The van der Waals surface area contributed by atoms with Crippen LogP contribution in [0, 0.1) is 0 Å². The molecule has 0 aliphatic heterocycles. The molecule has 0 fully saturated rings. The van der Waals surface area contributed by atoms with Gasteiger partial charge in [-0.05, 0) is 20.8 Å². The van der Waals surface area contributed by atoms with Crippen LogP contribution in [0.1, 0.15) is 27.7 Å². The molecule has 1 N–H and O–H groups in total. The predicted octanol–water partition coefficient (Wildman–Crippen LogP) is 1.07. The second-order valence-corrected chi connectivity index (χ2v) is 2.34. The summed E-state index contributed by atoms with van der Waals surface area (Å²) < 4.78 is 10.1. The maximum absolute atomic E-state index is 9.54. The SMILES string of the molecule is CC(=O)C(=O)O.CCOC(C)OCC. The monoisotopic (exact) mass is 206 g/mol. The quantitative estimate of drug-likeness (QED) is 0.538. The van der Waals surface area contributed by atoms with Gasteiger partial charge >= 0.3 is 5.97 Å². The van der Waals surface area contributed by atoms with Gasteiger partial charge in [0.05, 0.1) is 0 Å². The summed E-state index contributed by atoms with van der Waals surface area (Å²) in [6.07, 6.45) is -0.0370. The van der Waals surface area contributed by atoms with Crippen LogP contribution < -0.4 is 0 Å². The van der Waals surface area contributed by atoms with Crippen LogP contribution >= 0.6 is 0 Å². The van der Waals surface area contributed by atoms with E-state index in [0.717, 1.165) is 20.1 Å². The summed E-state index contributed by atoms with van der Waals surface area (Å²) in [6.45, 7) is 8.25. The van der Waals surface area contributed by atoms with Gasteiger partial charge < -0.3 is 14.6 Å². The van der Waals surface area contributed by atoms with Crippen molar-refractivity contribution >= 4 is 11.8 Å². The van der Waals surface area contributed by atoms with Crippen molar-refractivity contribution in [2.45, 2.75) is 34.0 Å². The number of carboxylic acid groups (broad SMARTS) is 1. The molecular weight excluding hydrogens is 188 g/mol. The third-order valence-corrected chi connectivity index (χ3v) is 1.10. The zero-order valence-corrected chi connectivity index (χ0v) is 9.07. The first-order valence-electron chi connectivity index (χ1n) is 4.42. The second kappa shape index (κ2) is 10.1. The number of rotatable bonds is 5. The van der Waals surface area contributed by atoms with Crippen LogP contribution in [0.15, 0.2) is 0 Å². The molecule has 0 aliphatic rings. The van der Waals surface area contributed by atoms with Gasteiger partial charge in [-0.2, -0.15) is 0 Å². The highest BCUT2D eigenvalue weighted by atomic mass is 16.7. The van der Waals surface area contributed by atoms with Gasteiger partial charge in [-0.1, -0.05) is 0 Å². The van der Waals surface area contributed by atoms with Crippen molar-refractivity contribution in [3.63, 3.8) is 0 Å². The van der Waals surface area contributed by atoms with E-state index in [2.05, 4.69) is 0 Å². The normalized spacial score (nSPS) is 9.21. The first kappa shape index (κ1) is 15.5. The van der Waals surface area contributed by atoms with Crippen LogP contribution in [0.4, 0.5) is 0 Å². The van der Waals surface area contributed by atoms with E-state index in [-0.39, 0.29) is 6.29 Å². The number of ether oxygens (including phenoxy) is 2. The summed E-state index contributed by atoms with van der Waals surface area (Å²) in [7, 11) is 0. The molecule has 0 atom stereocenters. The van der Waals surface area contributed by atoms with Gasteiger partial charge in [0.15, 0.2) is 6.29 Å². The van der Waals surface area contributed by atoms with E-state index in [4.69, 9.17) is 14.6 Å². The van der Waals surface area contributed by atoms with Crippen molar-refractivity contribution in [2.75, 3.05) is 13.2 Å². The number of Topliss-reactive ketones (excluding diaryl/α,β-unsaturated/α-hetero) is 1. The van der Waals surface area contributed by atoms with Gasteiger partial charge in [-0.25, -0.2) is 4.79 Å². The molecule has 5 heteroatoms. The van der Waals surface area contributed by atoms with Crippen LogP contribution in [0.3, 0.4) is 0 Å². The summed E-state index contributed by atoms with van der Waals surface area (Å²) in [5.41, 5.74) is 0. The van der Waals surface area contributed by atoms with Crippen LogP contribution in [0.5, 0.6) is 0 Å². The Bertz CT molecular complexity index is 149. The third kappa shape index (κ3) is 13.6. The molecule has 0 radical (unpaired) electrons. The molecule has 0 spiro atoms. The fraction of sp³-hybridized carbons (Fsp3) is 0.778. The smallest absolute Gasteiger partial charge is 0.371 e. The molecule has 0 amide bonds. The fourth-order valence-electron chi connectivity index (χ4n) is 0.518. The van der Waals surface area contributed by atoms with Crippen molar-refractivity contribution in [1.29, 1.82) is 0 Å². The van der Waals surface area contributed by atoms with Crippen molar-refractivity contribution in [1.82, 2.24) is 0 Å². The minimum Gasteiger partial charge on any atom is -0.476 e. The zero-order chi connectivity index (χ0) is 11.6. The Morgan fingerprint density at radius 3 is 1.64 bits per heavy atom. The molecule has 14 heavy (non-hydrogen) atoms. The highest BCUT2D eigenvalue weighted by Crippen LogP contribution is 1.90. The summed E-state index contributed by atoms with van der Waals surface area (Å²) in [6, 6.07) is 0. The minimum absolute atomic E-state index is 0.0370. The molecule has 0 bridgehead atoms. The van der Waals surface area contributed by atoms with Gasteiger partial charge in [0, 0.05) is 20.1 Å². The number of hydrogen-bond acceptors (Lipinski definition) is 4. The molecular formula is C9H18O5. The average molecular weight is 206 g/mol. The first-order chi connectivity index (χ1) is 6.45. The van der Waals surface area contributed by atoms with E-state index in [1.807, 2.05) is 20.8 Å². The van der Waals surface area contributed by atoms with E-state index in [9.17, 15) is 9.59 Å². The predicted molar refractivity (Wildman–Crippen MR) is 51.0 cm³/mol. The van der Waals surface area contributed by atoms with Crippen LogP contribution in [0.2, 0.25) is 0 Å². The summed E-state index contributed by atoms with van der Waals surface area (Å²) >= 11 is 0. The Morgan fingerprint density at radius 2 is 1.50 bits per heavy atom. The Kier molecular flexibility index (Phi) is 11.3. The lowest BCUT2D eigenvalue weighted by Gasteiger charge is -2.09. The molecule has 0 heterocycles. The van der Waals surface area contributed by atoms with Gasteiger partial charge in [-0.3, -0.25) is 4.79 Å². The fourth-order valence-corrected chi connectivity index (χ4v) is 0.518. The third-order valence-electron chi connectivity index (χ3n) is 1.10. The first-order valence-corrected chi connectivity index (χ1v) is 4.42. The van der Waals surface area contributed by atoms with Gasteiger partial charge in [-0.15, -0.1) is 0 Å². The number of hydrogen-bond donors (Lipinski definition) is 1. The highest BCUT2D eigenvalue weighted by Gasteiger charge is 1.99. The number of aliphatic carboxylic acids is 1. The topological polar surface area (TPSA) is 72.8 Å². The lowest BCUT2D eigenvalue weighted by Crippen LogP contribution is -2.11. The van der Waals surface area contributed by atoms with E-state index in [1.54, 1.807) is 0 Å². The van der Waals surface area contributed by atoms with Crippen molar-refractivity contribution in [2.24, 2.45) is 0 Å². The Hall–Kier alpha value is -0.940. The van der Waals surface area contributed by atoms with Gasteiger partial charge in [0.1, 0.15) is 0 Å². The van der Waals surface area contributed by atoms with E-state index in [0.29, 0.717) is 0 Å². The van der Waals surface area contributed by atoms with E-state index in [1.165, 1.54) is 0 Å². The maximum Gasteiger partial charge on any atom is 0.371 e. The average Bonchev–Trinajstić information content (AvgIpc) is 2.06. The molecule has 0 rings (SSSR count). The molecule has 0 unspecified atom stereocenters. The minimum atomic E-state index is -1.38. The second-order valence-electron chi connectivity index (χ2n) is 2.34. The van der Waals surface area contributed by atoms with Crippen LogP contribution in [0.25, 0.3) is 0 Å². The molecule has 0 aromatic rings. The van der Waals surface area contributed by atoms with Crippen molar-refractivity contribution in [3.05, 3.63) is 0 Å². The Balaban J connectivity index is 0. The van der Waals surface area contributed by atoms with Crippen LogP contribution in [-0.4, -0.2) is 36.4 Å². The molecule has 0 saturated carbocycles. The van der Waals surface area contributed by atoms with Gasteiger partial charge in [0.2, 0.25) is 5.78 Å². The molecule has 0 aromatic carbocycles. The number of carbonyl (C=O) groups is 2. The summed E-state index contributed by atoms with van der Waals surface area (Å²) in [4.78, 5) is 18.9. The highest BCUT2D eigenvalue weighted by molar-refractivity contribution is 6.31. The Labute approximate surface area is 84.0 Å². The number of carboxylic acids is 1. The summed E-state index contributed by atoms with van der Waals surface area (Å²) in [5.74, 6) is -2.20. The number of ketones is 1. The molecule has 84 valence electrons. The van der Waals surface area contributed by atoms with E-state index < -0.39 is 11.8 Å². The van der Waals surface area contributed by atoms with E-state index >= 15 is 0 Å². The van der Waals surface area contributed by atoms with Crippen molar-refractivity contribution < 1.29 is 24.2 Å². The van der Waals surface area contributed by atoms with Crippen LogP contribution in [-0.2, 0) is 19.1 Å². The molecule has 0 aromatic heterocycles. The van der Waals surface area contributed by atoms with Gasteiger partial charge in [0.25, 0.3) is 0 Å². The lowest BCUT2D eigenvalue weighted by molar-refractivity contribution is -0.148. The largest absolute Gasteiger partial charge is 0.476 e.